The summed E-state index contributed by atoms with van der Waals surface area (Å²) >= 11 is 0. The van der Waals surface area contributed by atoms with E-state index in [1.807, 2.05) is 0 Å². The van der Waals surface area contributed by atoms with Crippen molar-refractivity contribution in [3.05, 3.63) is 93.7 Å². The van der Waals surface area contributed by atoms with Crippen molar-refractivity contribution in [2.75, 3.05) is 7.05 Å². The number of hydrogen-bond acceptors (Lipinski definition) is 4. The highest BCUT2D eigenvalue weighted by Gasteiger charge is 2.33. The Morgan fingerprint density at radius 2 is 1.87 bits per heavy atom. The van der Waals surface area contributed by atoms with Crippen LogP contribution in [0.1, 0.15) is 27.7 Å². The summed E-state index contributed by atoms with van der Waals surface area (Å²) in [5, 5.41) is 0. The summed E-state index contributed by atoms with van der Waals surface area (Å²) in [5.41, 5.74) is -0.716. The molecule has 0 spiro atoms. The second-order valence-electron chi connectivity index (χ2n) is 6.37. The minimum atomic E-state index is -5.11. The van der Waals surface area contributed by atoms with Gasteiger partial charge in [0.15, 0.2) is 11.6 Å². The number of rotatable bonds is 5. The number of carbonyl (C=O) groups excluding carboxylic acids is 1. The molecule has 0 fully saturated rings. The van der Waals surface area contributed by atoms with Crippen LogP contribution in [0.4, 0.5) is 22.0 Å². The summed E-state index contributed by atoms with van der Waals surface area (Å²) in [6.07, 6.45) is -2.71. The number of amides is 1. The van der Waals surface area contributed by atoms with Crippen molar-refractivity contribution in [2.24, 2.45) is 0 Å². The van der Waals surface area contributed by atoms with Crippen LogP contribution in [-0.4, -0.2) is 34.2 Å². The van der Waals surface area contributed by atoms with Gasteiger partial charge in [-0.2, -0.15) is 0 Å². The lowest BCUT2D eigenvalue weighted by atomic mass is 10.00. The summed E-state index contributed by atoms with van der Waals surface area (Å²) in [4.78, 5) is 31.4. The number of alkyl halides is 3. The number of aromatic amines is 1. The molecular weight excluding hydrogens is 425 g/mol. The Morgan fingerprint density at radius 1 is 1.13 bits per heavy atom. The van der Waals surface area contributed by atoms with Crippen LogP contribution in [-0.2, 0) is 0 Å². The van der Waals surface area contributed by atoms with Gasteiger partial charge in [0, 0.05) is 25.5 Å². The van der Waals surface area contributed by atoms with Gasteiger partial charge in [-0.15, -0.1) is 13.2 Å². The van der Waals surface area contributed by atoms with Gasteiger partial charge in [0.1, 0.15) is 17.6 Å². The van der Waals surface area contributed by atoms with E-state index in [1.54, 1.807) is 0 Å². The first-order valence-electron chi connectivity index (χ1n) is 8.68. The Bertz CT molecular complexity index is 1140. The number of nitrogens with one attached hydrogen (secondary N) is 1. The Balaban J connectivity index is 2.06. The van der Waals surface area contributed by atoms with Gasteiger partial charge in [0.2, 0.25) is 5.56 Å². The molecule has 0 saturated carbocycles. The normalized spacial score (nSPS) is 12.3. The predicted octanol–water partition coefficient (Wildman–Crippen LogP) is 3.81. The van der Waals surface area contributed by atoms with Crippen molar-refractivity contribution in [3.63, 3.8) is 0 Å². The minimum absolute atomic E-state index is 0.0425. The minimum Gasteiger partial charge on any atom is -0.403 e. The number of pyridine rings is 2. The fourth-order valence-corrected chi connectivity index (χ4v) is 2.92. The molecule has 0 aliphatic carbocycles. The highest BCUT2D eigenvalue weighted by molar-refractivity contribution is 5.94. The van der Waals surface area contributed by atoms with Gasteiger partial charge >= 0.3 is 6.36 Å². The third-order valence-corrected chi connectivity index (χ3v) is 4.28. The molecule has 0 aliphatic heterocycles. The molecule has 0 aliphatic rings. The number of aromatic nitrogens is 2. The molecule has 6 nitrogen and oxygen atoms in total. The number of halogens is 5. The van der Waals surface area contributed by atoms with Crippen molar-refractivity contribution < 1.29 is 31.5 Å². The summed E-state index contributed by atoms with van der Waals surface area (Å²) in [5.74, 6) is -3.93. The fraction of sp³-hybridized carbons (Fsp3) is 0.150. The van der Waals surface area contributed by atoms with E-state index in [9.17, 15) is 31.5 Å². The molecule has 1 atom stereocenters. The van der Waals surface area contributed by atoms with Crippen molar-refractivity contribution in [3.8, 4) is 5.75 Å². The van der Waals surface area contributed by atoms with E-state index in [0.29, 0.717) is 6.07 Å². The van der Waals surface area contributed by atoms with Gasteiger partial charge in [-0.25, -0.2) is 8.78 Å². The Labute approximate surface area is 171 Å². The zero-order valence-electron chi connectivity index (χ0n) is 15.8. The molecule has 0 radical (unpaired) electrons. The zero-order valence-corrected chi connectivity index (χ0v) is 15.8. The lowest BCUT2D eigenvalue weighted by molar-refractivity contribution is -0.275. The monoisotopic (exact) mass is 439 g/mol. The van der Waals surface area contributed by atoms with Crippen molar-refractivity contribution in [2.45, 2.75) is 12.4 Å². The average Bonchev–Trinajstić information content (AvgIpc) is 2.70. The van der Waals surface area contributed by atoms with E-state index in [-0.39, 0.29) is 16.8 Å². The Hall–Kier alpha value is -3.76. The van der Waals surface area contributed by atoms with E-state index in [2.05, 4.69) is 14.7 Å². The van der Waals surface area contributed by atoms with E-state index in [4.69, 9.17) is 0 Å². The topological polar surface area (TPSA) is 75.3 Å². The van der Waals surface area contributed by atoms with Crippen LogP contribution in [0.15, 0.2) is 59.7 Å². The van der Waals surface area contributed by atoms with E-state index >= 15 is 0 Å². The molecule has 0 saturated heterocycles. The lowest BCUT2D eigenvalue weighted by Crippen LogP contribution is -2.33. The molecule has 1 N–H and O–H groups in total. The molecular formula is C20H14F5N3O3. The van der Waals surface area contributed by atoms with Crippen LogP contribution in [0.25, 0.3) is 0 Å². The van der Waals surface area contributed by atoms with Crippen LogP contribution < -0.4 is 10.3 Å². The maximum absolute atomic E-state index is 14.5. The van der Waals surface area contributed by atoms with Crippen LogP contribution >= 0.6 is 0 Å². The molecule has 2 heterocycles. The Kier molecular flexibility index (Phi) is 6.04. The molecule has 31 heavy (non-hydrogen) atoms. The lowest BCUT2D eigenvalue weighted by Gasteiger charge is -2.29. The fourth-order valence-electron chi connectivity index (χ4n) is 2.92. The highest BCUT2D eigenvalue weighted by atomic mass is 19.4. The Morgan fingerprint density at radius 3 is 2.45 bits per heavy atom. The van der Waals surface area contributed by atoms with E-state index in [1.165, 1.54) is 25.4 Å². The molecule has 0 unspecified atom stereocenters. The van der Waals surface area contributed by atoms with Gasteiger partial charge in [-0.1, -0.05) is 6.07 Å². The molecule has 0 bridgehead atoms. The maximum Gasteiger partial charge on any atom is 0.573 e. The first-order valence-corrected chi connectivity index (χ1v) is 8.68. The average molecular weight is 439 g/mol. The standard InChI is InChI=1S/C20H14F5N3O3/c1-28(19(30)12-5-7-16(29)27-10-12)18(17-13(21)3-2-8-26-17)11-4-6-15(14(22)9-11)31-20(23,24)25/h2-10,18H,1H3,(H,27,29)/t18-/m0/s1. The van der Waals surface area contributed by atoms with Gasteiger partial charge in [0.05, 0.1) is 5.56 Å². The number of hydrogen-bond donors (Lipinski definition) is 1. The van der Waals surface area contributed by atoms with Gasteiger partial charge < -0.3 is 14.6 Å². The van der Waals surface area contributed by atoms with Crippen molar-refractivity contribution in [1.29, 1.82) is 0 Å². The predicted molar refractivity (Wildman–Crippen MR) is 98.3 cm³/mol. The van der Waals surface area contributed by atoms with Crippen LogP contribution in [0, 0.1) is 11.6 Å². The van der Waals surface area contributed by atoms with Crippen LogP contribution in [0.5, 0.6) is 5.75 Å². The number of benzene rings is 1. The summed E-state index contributed by atoms with van der Waals surface area (Å²) in [6, 6.07) is 5.94. The van der Waals surface area contributed by atoms with E-state index < -0.39 is 41.3 Å². The van der Waals surface area contributed by atoms with E-state index in [0.717, 1.165) is 35.4 Å². The first kappa shape index (κ1) is 21.9. The first-order chi connectivity index (χ1) is 14.6. The molecule has 162 valence electrons. The molecule has 1 aromatic carbocycles. The third kappa shape index (κ3) is 5.05. The smallest absolute Gasteiger partial charge is 0.403 e. The van der Waals surface area contributed by atoms with Crippen LogP contribution in [0.2, 0.25) is 0 Å². The molecule has 1 amide bonds. The van der Waals surface area contributed by atoms with Gasteiger partial charge in [0.25, 0.3) is 5.91 Å². The second kappa shape index (κ2) is 8.54. The number of H-pyrrole nitrogens is 1. The summed E-state index contributed by atoms with van der Waals surface area (Å²) < 4.78 is 69.7. The second-order valence-corrected chi connectivity index (χ2v) is 6.37. The van der Waals surface area contributed by atoms with Crippen molar-refractivity contribution >= 4 is 5.91 Å². The molecule has 3 rings (SSSR count). The number of carbonyl (C=O) groups is 1. The van der Waals surface area contributed by atoms with Gasteiger partial charge in [-0.3, -0.25) is 14.6 Å². The molecule has 2 aromatic heterocycles. The SMILES string of the molecule is CN(C(=O)c1ccc(=O)[nH]c1)[C@@H](c1ccc(OC(F)(F)F)c(F)c1)c1ncccc1F. The van der Waals surface area contributed by atoms with Crippen molar-refractivity contribution in [1.82, 2.24) is 14.9 Å². The quantitative estimate of drug-likeness (QED) is 0.614. The highest BCUT2D eigenvalue weighted by Crippen LogP contribution is 2.33. The zero-order chi connectivity index (χ0) is 22.8. The van der Waals surface area contributed by atoms with Crippen LogP contribution in [0.3, 0.4) is 0 Å². The number of ether oxygens (including phenoxy) is 1. The summed E-state index contributed by atoms with van der Waals surface area (Å²) in [6.45, 7) is 0. The molecule has 3 aromatic rings. The van der Waals surface area contributed by atoms with Gasteiger partial charge in [-0.05, 0) is 35.9 Å². The number of nitrogens with zero attached hydrogens (tertiary/aromatic N) is 2. The summed E-state index contributed by atoms with van der Waals surface area (Å²) in [7, 11) is 1.28. The largest absolute Gasteiger partial charge is 0.573 e. The maximum atomic E-state index is 14.5. The molecule has 11 heteroatoms. The third-order valence-electron chi connectivity index (χ3n) is 4.28.